The van der Waals surface area contributed by atoms with Gasteiger partial charge in [-0.05, 0) is 18.4 Å². The first-order chi connectivity index (χ1) is 9.61. The first-order valence-electron chi connectivity index (χ1n) is 6.31. The van der Waals surface area contributed by atoms with Gasteiger partial charge in [-0.25, -0.2) is 0 Å². The van der Waals surface area contributed by atoms with Gasteiger partial charge in [0.2, 0.25) is 0 Å². The number of rotatable bonds is 2. The van der Waals surface area contributed by atoms with Crippen LogP contribution in [0.2, 0.25) is 0 Å². The summed E-state index contributed by atoms with van der Waals surface area (Å²) in [6, 6.07) is 12.7. The minimum absolute atomic E-state index is 0.275. The molecule has 2 aromatic rings. The maximum Gasteiger partial charge on any atom is 0.286 e. The average Bonchev–Trinajstić information content (AvgIpc) is 3.08. The summed E-state index contributed by atoms with van der Waals surface area (Å²) in [6.45, 7) is 1.82. The van der Waals surface area contributed by atoms with Crippen molar-refractivity contribution < 1.29 is 9.90 Å². The Labute approximate surface area is 121 Å². The zero-order valence-corrected chi connectivity index (χ0v) is 11.8. The fraction of sp³-hybridized carbons (Fsp3) is 0.200. The summed E-state index contributed by atoms with van der Waals surface area (Å²) in [7, 11) is 0. The number of benzene rings is 1. The molecule has 0 radical (unpaired) electrons. The van der Waals surface area contributed by atoms with E-state index < -0.39 is 5.72 Å². The molecule has 102 valence electrons. The summed E-state index contributed by atoms with van der Waals surface area (Å²) < 4.78 is 0. The molecule has 1 unspecified atom stereocenters. The number of hydrogen-bond acceptors (Lipinski definition) is 4. The molecule has 0 spiro atoms. The van der Waals surface area contributed by atoms with Crippen LogP contribution in [-0.4, -0.2) is 21.7 Å². The zero-order chi connectivity index (χ0) is 14.2. The standard InChI is InChI=1S/C15H14N2O2S/c1-11-10-15(19,12-6-3-2-4-7-12)17(16-11)14(18)13-8-5-9-20-13/h2-9,19H,10H2,1H3. The first-order valence-corrected chi connectivity index (χ1v) is 7.19. The van der Waals surface area contributed by atoms with E-state index in [1.54, 1.807) is 6.07 Å². The van der Waals surface area contributed by atoms with Crippen molar-refractivity contribution in [1.29, 1.82) is 0 Å². The van der Waals surface area contributed by atoms with Crippen molar-refractivity contribution in [1.82, 2.24) is 5.01 Å². The lowest BCUT2D eigenvalue weighted by molar-refractivity contribution is -0.0763. The fourth-order valence-electron chi connectivity index (χ4n) is 2.37. The molecule has 1 N–H and O–H groups in total. The predicted octanol–water partition coefficient (Wildman–Crippen LogP) is 2.82. The first kappa shape index (κ1) is 13.0. The van der Waals surface area contributed by atoms with E-state index in [-0.39, 0.29) is 5.91 Å². The number of aliphatic hydroxyl groups is 1. The predicted molar refractivity (Wildman–Crippen MR) is 78.6 cm³/mol. The van der Waals surface area contributed by atoms with Crippen LogP contribution < -0.4 is 0 Å². The third kappa shape index (κ3) is 2.05. The van der Waals surface area contributed by atoms with Crippen molar-refractivity contribution in [2.45, 2.75) is 19.1 Å². The topological polar surface area (TPSA) is 52.9 Å². The van der Waals surface area contributed by atoms with Crippen molar-refractivity contribution in [2.75, 3.05) is 0 Å². The van der Waals surface area contributed by atoms with Crippen LogP contribution >= 0.6 is 11.3 Å². The summed E-state index contributed by atoms with van der Waals surface area (Å²) in [5.74, 6) is -0.275. The number of hydrogen-bond donors (Lipinski definition) is 1. The normalized spacial score (nSPS) is 21.9. The van der Waals surface area contributed by atoms with Crippen LogP contribution in [0.5, 0.6) is 0 Å². The van der Waals surface area contributed by atoms with Gasteiger partial charge in [0.05, 0.1) is 4.88 Å². The Hall–Kier alpha value is -1.98. The summed E-state index contributed by atoms with van der Waals surface area (Å²) in [6.07, 6.45) is 0.328. The number of amides is 1. The Morgan fingerprint density at radius 3 is 2.70 bits per heavy atom. The number of carbonyl (C=O) groups is 1. The Morgan fingerprint density at radius 1 is 1.30 bits per heavy atom. The molecule has 1 aromatic carbocycles. The molecule has 4 nitrogen and oxygen atoms in total. The SMILES string of the molecule is CC1=NN(C(=O)c2cccs2)C(O)(c2ccccc2)C1. The minimum Gasteiger partial charge on any atom is -0.365 e. The van der Waals surface area contributed by atoms with Gasteiger partial charge in [0.1, 0.15) is 0 Å². The molecule has 5 heteroatoms. The van der Waals surface area contributed by atoms with E-state index in [9.17, 15) is 9.90 Å². The molecule has 1 atom stereocenters. The monoisotopic (exact) mass is 286 g/mol. The molecule has 0 bridgehead atoms. The van der Waals surface area contributed by atoms with E-state index in [1.165, 1.54) is 16.3 Å². The maximum atomic E-state index is 12.5. The van der Waals surface area contributed by atoms with Crippen molar-refractivity contribution in [3.63, 3.8) is 0 Å². The molecule has 1 aliphatic heterocycles. The van der Waals surface area contributed by atoms with Gasteiger partial charge in [-0.15, -0.1) is 11.3 Å². The number of hydrazone groups is 1. The Balaban J connectivity index is 2.02. The van der Waals surface area contributed by atoms with Gasteiger partial charge in [-0.3, -0.25) is 4.79 Å². The quantitative estimate of drug-likeness (QED) is 0.923. The van der Waals surface area contributed by atoms with Crippen LogP contribution in [0.15, 0.2) is 52.9 Å². The summed E-state index contributed by atoms with van der Waals surface area (Å²) in [5, 5.41) is 18.2. The molecule has 0 saturated carbocycles. The number of nitrogens with zero attached hydrogens (tertiary/aromatic N) is 2. The van der Waals surface area contributed by atoms with Crippen LogP contribution in [0.1, 0.15) is 28.6 Å². The molecule has 0 fully saturated rings. The van der Waals surface area contributed by atoms with Crippen LogP contribution in [0.3, 0.4) is 0 Å². The second kappa shape index (κ2) is 4.85. The Morgan fingerprint density at radius 2 is 2.05 bits per heavy atom. The highest BCUT2D eigenvalue weighted by molar-refractivity contribution is 7.12. The van der Waals surface area contributed by atoms with Gasteiger partial charge >= 0.3 is 0 Å². The Kier molecular flexibility index (Phi) is 3.16. The molecule has 0 aliphatic carbocycles. The Bertz CT molecular complexity index is 652. The second-order valence-electron chi connectivity index (χ2n) is 4.79. The minimum atomic E-state index is -1.40. The fourth-order valence-corrected chi connectivity index (χ4v) is 3.02. The second-order valence-corrected chi connectivity index (χ2v) is 5.74. The molecule has 20 heavy (non-hydrogen) atoms. The lowest BCUT2D eigenvalue weighted by atomic mass is 9.97. The highest BCUT2D eigenvalue weighted by Gasteiger charge is 2.45. The summed E-state index contributed by atoms with van der Waals surface area (Å²) >= 11 is 1.34. The number of carbonyl (C=O) groups excluding carboxylic acids is 1. The maximum absolute atomic E-state index is 12.5. The van der Waals surface area contributed by atoms with Gasteiger partial charge in [0, 0.05) is 17.7 Å². The van der Waals surface area contributed by atoms with E-state index in [0.29, 0.717) is 16.9 Å². The lowest BCUT2D eigenvalue weighted by Crippen LogP contribution is -2.43. The molecule has 0 saturated heterocycles. The van der Waals surface area contributed by atoms with Crippen molar-refractivity contribution >= 4 is 23.0 Å². The van der Waals surface area contributed by atoms with Crippen LogP contribution in [-0.2, 0) is 5.72 Å². The van der Waals surface area contributed by atoms with Gasteiger partial charge in [-0.2, -0.15) is 10.1 Å². The largest absolute Gasteiger partial charge is 0.365 e. The van der Waals surface area contributed by atoms with Gasteiger partial charge in [0.25, 0.3) is 5.91 Å². The van der Waals surface area contributed by atoms with E-state index in [4.69, 9.17) is 0 Å². The third-order valence-corrected chi connectivity index (χ3v) is 4.14. The van der Waals surface area contributed by atoms with E-state index in [1.807, 2.05) is 48.7 Å². The molecular weight excluding hydrogens is 272 g/mol. The van der Waals surface area contributed by atoms with Crippen molar-refractivity contribution in [2.24, 2.45) is 5.10 Å². The highest BCUT2D eigenvalue weighted by atomic mass is 32.1. The molecule has 1 aliphatic rings. The van der Waals surface area contributed by atoms with E-state index >= 15 is 0 Å². The lowest BCUT2D eigenvalue weighted by Gasteiger charge is -2.31. The summed E-state index contributed by atoms with van der Waals surface area (Å²) in [4.78, 5) is 13.1. The van der Waals surface area contributed by atoms with E-state index in [2.05, 4.69) is 5.10 Å². The van der Waals surface area contributed by atoms with E-state index in [0.717, 1.165) is 5.71 Å². The average molecular weight is 286 g/mol. The molecule has 1 aromatic heterocycles. The summed E-state index contributed by atoms with van der Waals surface area (Å²) in [5.41, 5.74) is 0.0126. The molecule has 1 amide bonds. The van der Waals surface area contributed by atoms with Crippen LogP contribution in [0.25, 0.3) is 0 Å². The highest BCUT2D eigenvalue weighted by Crippen LogP contribution is 2.36. The van der Waals surface area contributed by atoms with Crippen LogP contribution in [0.4, 0.5) is 0 Å². The van der Waals surface area contributed by atoms with Gasteiger partial charge in [0.15, 0.2) is 5.72 Å². The number of thiophene rings is 1. The molecule has 3 rings (SSSR count). The zero-order valence-electron chi connectivity index (χ0n) is 11.0. The molecule has 2 heterocycles. The van der Waals surface area contributed by atoms with Gasteiger partial charge in [-0.1, -0.05) is 36.4 Å². The smallest absolute Gasteiger partial charge is 0.286 e. The van der Waals surface area contributed by atoms with Crippen LogP contribution in [0, 0.1) is 0 Å². The third-order valence-electron chi connectivity index (χ3n) is 3.28. The van der Waals surface area contributed by atoms with Crippen molar-refractivity contribution in [3.8, 4) is 0 Å². The van der Waals surface area contributed by atoms with Crippen molar-refractivity contribution in [3.05, 3.63) is 58.3 Å². The van der Waals surface area contributed by atoms with Gasteiger partial charge < -0.3 is 5.11 Å². The molecular formula is C15H14N2O2S.